The summed E-state index contributed by atoms with van der Waals surface area (Å²) >= 11 is 3.35. The van der Waals surface area contributed by atoms with Crippen LogP contribution < -0.4 is 10.0 Å². The van der Waals surface area contributed by atoms with Crippen molar-refractivity contribution in [2.75, 3.05) is 10.0 Å². The molecule has 0 bridgehead atoms. The Hall–Kier alpha value is -2.64. The van der Waals surface area contributed by atoms with Gasteiger partial charge in [-0.25, -0.2) is 8.42 Å². The van der Waals surface area contributed by atoms with Crippen molar-refractivity contribution in [2.24, 2.45) is 0 Å². The van der Waals surface area contributed by atoms with Crippen LogP contribution in [0, 0.1) is 20.8 Å². The maximum atomic E-state index is 12.8. The van der Waals surface area contributed by atoms with Gasteiger partial charge in [0.1, 0.15) is 0 Å². The number of anilines is 2. The van der Waals surface area contributed by atoms with Crippen molar-refractivity contribution in [1.82, 2.24) is 0 Å². The largest absolute Gasteiger partial charge is 0.322 e. The first kappa shape index (κ1) is 21.1. The highest BCUT2D eigenvalue weighted by molar-refractivity contribution is 9.10. The summed E-state index contributed by atoms with van der Waals surface area (Å²) in [5, 5.41) is 2.85. The second-order valence-electron chi connectivity index (χ2n) is 6.89. The third kappa shape index (κ3) is 5.05. The van der Waals surface area contributed by atoms with Gasteiger partial charge in [-0.1, -0.05) is 24.3 Å². The molecule has 0 aromatic heterocycles. The number of halogens is 1. The van der Waals surface area contributed by atoms with E-state index in [2.05, 4.69) is 26.0 Å². The van der Waals surface area contributed by atoms with Gasteiger partial charge in [0.2, 0.25) is 0 Å². The average molecular weight is 473 g/mol. The molecule has 5 nitrogen and oxygen atoms in total. The first-order valence-electron chi connectivity index (χ1n) is 8.93. The normalized spacial score (nSPS) is 11.2. The number of hydrogen-bond donors (Lipinski definition) is 2. The summed E-state index contributed by atoms with van der Waals surface area (Å²) in [6, 6.07) is 17.1. The Kier molecular flexibility index (Phi) is 6.10. The fourth-order valence-electron chi connectivity index (χ4n) is 2.79. The Morgan fingerprint density at radius 3 is 2.24 bits per heavy atom. The van der Waals surface area contributed by atoms with Crippen molar-refractivity contribution in [1.29, 1.82) is 0 Å². The Morgan fingerprint density at radius 1 is 0.862 bits per heavy atom. The standard InChI is InChI=1S/C22H21BrN2O3S/c1-14-7-9-16(3)20(11-14)24-22(26)17-5-4-6-18(13-17)29(27,28)25-21-12-15(2)8-10-19(21)23/h4-13,25H,1-3H3,(H,24,26). The topological polar surface area (TPSA) is 75.3 Å². The fraction of sp³-hybridized carbons (Fsp3) is 0.136. The second kappa shape index (κ2) is 8.39. The van der Waals surface area contributed by atoms with Gasteiger partial charge in [-0.05, 0) is 89.8 Å². The third-order valence-electron chi connectivity index (χ3n) is 4.41. The van der Waals surface area contributed by atoms with Crippen LogP contribution in [0.1, 0.15) is 27.0 Å². The molecule has 150 valence electrons. The van der Waals surface area contributed by atoms with Crippen LogP contribution in [-0.4, -0.2) is 14.3 Å². The first-order valence-corrected chi connectivity index (χ1v) is 11.2. The molecule has 0 heterocycles. The van der Waals surface area contributed by atoms with Gasteiger partial charge in [-0.2, -0.15) is 0 Å². The Bertz CT molecular complexity index is 1190. The SMILES string of the molecule is Cc1ccc(C)c(NC(=O)c2cccc(S(=O)(=O)Nc3cc(C)ccc3Br)c2)c1. The van der Waals surface area contributed by atoms with E-state index in [1.165, 1.54) is 12.1 Å². The Morgan fingerprint density at radius 2 is 1.52 bits per heavy atom. The van der Waals surface area contributed by atoms with E-state index in [4.69, 9.17) is 0 Å². The monoisotopic (exact) mass is 472 g/mol. The van der Waals surface area contributed by atoms with Gasteiger partial charge in [0.15, 0.2) is 0 Å². The minimum absolute atomic E-state index is 0.0134. The molecular formula is C22H21BrN2O3S. The number of carbonyl (C=O) groups excluding carboxylic acids is 1. The summed E-state index contributed by atoms with van der Waals surface area (Å²) < 4.78 is 28.9. The number of aryl methyl sites for hydroxylation is 3. The molecule has 3 rings (SSSR count). The highest BCUT2D eigenvalue weighted by Gasteiger charge is 2.18. The van der Waals surface area contributed by atoms with Gasteiger partial charge in [-0.3, -0.25) is 9.52 Å². The zero-order chi connectivity index (χ0) is 21.2. The van der Waals surface area contributed by atoms with Crippen LogP contribution in [0.5, 0.6) is 0 Å². The van der Waals surface area contributed by atoms with Crippen LogP contribution in [-0.2, 0) is 10.0 Å². The highest BCUT2D eigenvalue weighted by atomic mass is 79.9. The molecule has 0 radical (unpaired) electrons. The van der Waals surface area contributed by atoms with Gasteiger partial charge < -0.3 is 5.32 Å². The van der Waals surface area contributed by atoms with E-state index < -0.39 is 10.0 Å². The van der Waals surface area contributed by atoms with Crippen molar-refractivity contribution in [2.45, 2.75) is 25.7 Å². The van der Waals surface area contributed by atoms with Crippen LogP contribution in [0.2, 0.25) is 0 Å². The summed E-state index contributed by atoms with van der Waals surface area (Å²) in [6.07, 6.45) is 0. The van der Waals surface area contributed by atoms with Crippen LogP contribution in [0.15, 0.2) is 70.0 Å². The van der Waals surface area contributed by atoms with Crippen LogP contribution in [0.3, 0.4) is 0 Å². The maximum absolute atomic E-state index is 12.8. The summed E-state index contributed by atoms with van der Waals surface area (Å²) in [7, 11) is -3.86. The molecule has 29 heavy (non-hydrogen) atoms. The highest BCUT2D eigenvalue weighted by Crippen LogP contribution is 2.26. The molecule has 7 heteroatoms. The Balaban J connectivity index is 1.87. The zero-order valence-electron chi connectivity index (χ0n) is 16.3. The lowest BCUT2D eigenvalue weighted by atomic mass is 10.1. The predicted molar refractivity (Wildman–Crippen MR) is 120 cm³/mol. The molecule has 0 aliphatic rings. The van der Waals surface area contributed by atoms with Gasteiger partial charge in [-0.15, -0.1) is 0 Å². The summed E-state index contributed by atoms with van der Waals surface area (Å²) in [5.41, 5.74) is 4.28. The van der Waals surface area contributed by atoms with E-state index in [1.807, 2.05) is 45.0 Å². The smallest absolute Gasteiger partial charge is 0.261 e. The number of hydrogen-bond acceptors (Lipinski definition) is 3. The molecule has 3 aromatic carbocycles. The van der Waals surface area contributed by atoms with E-state index in [1.54, 1.807) is 24.3 Å². The van der Waals surface area contributed by atoms with Crippen LogP contribution in [0.25, 0.3) is 0 Å². The van der Waals surface area contributed by atoms with Crippen molar-refractivity contribution in [3.05, 3.63) is 87.4 Å². The van der Waals surface area contributed by atoms with Crippen molar-refractivity contribution in [3.63, 3.8) is 0 Å². The zero-order valence-corrected chi connectivity index (χ0v) is 18.7. The second-order valence-corrected chi connectivity index (χ2v) is 9.43. The first-order chi connectivity index (χ1) is 13.7. The molecule has 0 aliphatic carbocycles. The van der Waals surface area contributed by atoms with E-state index in [0.29, 0.717) is 15.8 Å². The average Bonchev–Trinajstić information content (AvgIpc) is 2.67. The Labute approximate surface area is 179 Å². The number of amides is 1. The van der Waals surface area contributed by atoms with Crippen molar-refractivity contribution in [3.8, 4) is 0 Å². The lowest BCUT2D eigenvalue weighted by Gasteiger charge is -2.12. The van der Waals surface area contributed by atoms with Gasteiger partial charge in [0, 0.05) is 15.7 Å². The molecule has 1 amide bonds. The molecule has 0 aliphatic heterocycles. The van der Waals surface area contributed by atoms with E-state index >= 15 is 0 Å². The van der Waals surface area contributed by atoms with Gasteiger partial charge in [0.05, 0.1) is 10.6 Å². The number of benzene rings is 3. The number of nitrogens with one attached hydrogen (secondary N) is 2. The number of rotatable bonds is 5. The van der Waals surface area contributed by atoms with E-state index in [-0.39, 0.29) is 16.4 Å². The van der Waals surface area contributed by atoms with Gasteiger partial charge >= 0.3 is 0 Å². The summed E-state index contributed by atoms with van der Waals surface area (Å²) in [6.45, 7) is 5.72. The molecule has 2 N–H and O–H groups in total. The minimum atomic E-state index is -3.86. The molecule has 0 fully saturated rings. The quantitative estimate of drug-likeness (QED) is 0.519. The lowest BCUT2D eigenvalue weighted by Crippen LogP contribution is -2.16. The summed E-state index contributed by atoms with van der Waals surface area (Å²) in [5.74, 6) is -0.368. The van der Waals surface area contributed by atoms with E-state index in [0.717, 1.165) is 16.7 Å². The number of carbonyl (C=O) groups is 1. The molecule has 0 unspecified atom stereocenters. The maximum Gasteiger partial charge on any atom is 0.261 e. The summed E-state index contributed by atoms with van der Waals surface area (Å²) in [4.78, 5) is 12.7. The molecule has 0 saturated heterocycles. The predicted octanol–water partition coefficient (Wildman–Crippen LogP) is 5.43. The van der Waals surface area contributed by atoms with Crippen molar-refractivity contribution < 1.29 is 13.2 Å². The number of sulfonamides is 1. The van der Waals surface area contributed by atoms with Crippen LogP contribution in [0.4, 0.5) is 11.4 Å². The molecule has 0 saturated carbocycles. The minimum Gasteiger partial charge on any atom is -0.322 e. The molecule has 0 spiro atoms. The van der Waals surface area contributed by atoms with E-state index in [9.17, 15) is 13.2 Å². The van der Waals surface area contributed by atoms with Crippen molar-refractivity contribution >= 4 is 43.2 Å². The molecular weight excluding hydrogens is 452 g/mol. The molecule has 3 aromatic rings. The third-order valence-corrected chi connectivity index (χ3v) is 6.47. The fourth-order valence-corrected chi connectivity index (χ4v) is 4.38. The molecule has 0 atom stereocenters. The lowest BCUT2D eigenvalue weighted by molar-refractivity contribution is 0.102. The van der Waals surface area contributed by atoms with Gasteiger partial charge in [0.25, 0.3) is 15.9 Å². The van der Waals surface area contributed by atoms with Crippen LogP contribution >= 0.6 is 15.9 Å².